The van der Waals surface area contributed by atoms with Crippen molar-refractivity contribution in [2.24, 2.45) is 5.92 Å². The van der Waals surface area contributed by atoms with E-state index in [1.807, 2.05) is 30.5 Å². The average Bonchev–Trinajstić information content (AvgIpc) is 2.80. The van der Waals surface area contributed by atoms with Crippen LogP contribution in [0.1, 0.15) is 36.9 Å². The summed E-state index contributed by atoms with van der Waals surface area (Å²) >= 11 is 0. The summed E-state index contributed by atoms with van der Waals surface area (Å²) in [4.78, 5) is 6.79. The van der Waals surface area contributed by atoms with Crippen LogP contribution in [-0.4, -0.2) is 56.4 Å². The van der Waals surface area contributed by atoms with Crippen LogP contribution < -0.4 is 4.72 Å². The van der Waals surface area contributed by atoms with Crippen LogP contribution in [-0.2, 0) is 21.3 Å². The molecule has 1 N–H and O–H groups in total. The van der Waals surface area contributed by atoms with Crippen LogP contribution in [0.3, 0.4) is 0 Å². The summed E-state index contributed by atoms with van der Waals surface area (Å²) in [6, 6.07) is 16.4. The number of allylic oxidation sites excluding steroid dienone is 1. The van der Waals surface area contributed by atoms with Gasteiger partial charge in [0.2, 0.25) is 10.0 Å². The minimum absolute atomic E-state index is 0.0935. The van der Waals surface area contributed by atoms with Gasteiger partial charge in [-0.2, -0.15) is 0 Å². The highest BCUT2D eigenvalue weighted by Gasteiger charge is 2.32. The zero-order chi connectivity index (χ0) is 22.4. The Morgan fingerprint density at radius 1 is 1.12 bits per heavy atom. The van der Waals surface area contributed by atoms with Crippen LogP contribution >= 0.6 is 0 Å². The van der Waals surface area contributed by atoms with E-state index in [4.69, 9.17) is 4.74 Å². The van der Waals surface area contributed by atoms with Crippen molar-refractivity contribution in [2.45, 2.75) is 44.4 Å². The predicted octanol–water partition coefficient (Wildman–Crippen LogP) is 3.47. The SMILES string of the molecule is CS(=O)(=O)N[C@H]1CCN(Cc2ccccn2)C[C@H]1CO[C@H]1CC=C(c2ccccc2)CC1. The molecule has 6 nitrogen and oxygen atoms in total. The van der Waals surface area contributed by atoms with Gasteiger partial charge in [0.1, 0.15) is 0 Å². The predicted molar refractivity (Wildman–Crippen MR) is 127 cm³/mol. The third-order valence-corrected chi connectivity index (χ3v) is 7.08. The molecule has 1 fully saturated rings. The Morgan fingerprint density at radius 3 is 2.62 bits per heavy atom. The van der Waals surface area contributed by atoms with Crippen molar-refractivity contribution in [3.8, 4) is 0 Å². The number of hydrogen-bond acceptors (Lipinski definition) is 5. The van der Waals surface area contributed by atoms with Crippen LogP contribution in [0.25, 0.3) is 5.57 Å². The Bertz CT molecular complexity index is 996. The fourth-order valence-electron chi connectivity index (χ4n) is 4.71. The van der Waals surface area contributed by atoms with E-state index in [1.165, 1.54) is 17.4 Å². The summed E-state index contributed by atoms with van der Waals surface area (Å²) in [7, 11) is -3.26. The summed E-state index contributed by atoms with van der Waals surface area (Å²) in [5, 5.41) is 0. The molecule has 1 aliphatic carbocycles. The molecule has 0 bridgehead atoms. The van der Waals surface area contributed by atoms with E-state index in [9.17, 15) is 8.42 Å². The second-order valence-corrected chi connectivity index (χ2v) is 10.7. The molecular weight excluding hydrogens is 422 g/mol. The molecule has 2 aromatic rings. The number of nitrogens with zero attached hydrogens (tertiary/aromatic N) is 2. The number of piperidine rings is 1. The summed E-state index contributed by atoms with van der Waals surface area (Å²) in [5.74, 6) is 0.113. The number of aromatic nitrogens is 1. The van der Waals surface area contributed by atoms with E-state index in [2.05, 4.69) is 44.9 Å². The lowest BCUT2D eigenvalue weighted by molar-refractivity contribution is -0.00354. The van der Waals surface area contributed by atoms with Gasteiger partial charge < -0.3 is 4.74 Å². The lowest BCUT2D eigenvalue weighted by atomic mass is 9.91. The molecule has 0 amide bonds. The van der Waals surface area contributed by atoms with E-state index < -0.39 is 10.0 Å². The molecule has 172 valence electrons. The van der Waals surface area contributed by atoms with Crippen LogP contribution in [0.2, 0.25) is 0 Å². The van der Waals surface area contributed by atoms with Crippen molar-refractivity contribution in [3.63, 3.8) is 0 Å². The van der Waals surface area contributed by atoms with Crippen molar-refractivity contribution in [1.82, 2.24) is 14.6 Å². The highest BCUT2D eigenvalue weighted by molar-refractivity contribution is 7.88. The van der Waals surface area contributed by atoms with E-state index >= 15 is 0 Å². The molecule has 1 aromatic heterocycles. The largest absolute Gasteiger partial charge is 0.377 e. The number of sulfonamides is 1. The van der Waals surface area contributed by atoms with Crippen molar-refractivity contribution < 1.29 is 13.2 Å². The van der Waals surface area contributed by atoms with Crippen molar-refractivity contribution in [2.75, 3.05) is 26.0 Å². The van der Waals surface area contributed by atoms with Crippen LogP contribution in [0.4, 0.5) is 0 Å². The minimum Gasteiger partial charge on any atom is -0.377 e. The number of pyridine rings is 1. The lowest BCUT2D eigenvalue weighted by Gasteiger charge is -2.39. The quantitative estimate of drug-likeness (QED) is 0.660. The van der Waals surface area contributed by atoms with Gasteiger partial charge in [0.05, 0.1) is 24.7 Å². The smallest absolute Gasteiger partial charge is 0.208 e. The van der Waals surface area contributed by atoms with E-state index in [-0.39, 0.29) is 18.1 Å². The summed E-state index contributed by atoms with van der Waals surface area (Å²) in [6.45, 7) is 2.97. The topological polar surface area (TPSA) is 71.5 Å². The zero-order valence-electron chi connectivity index (χ0n) is 18.7. The standard InChI is InChI=1S/C25H33N3O3S/c1-32(29,30)27-25-14-16-28(18-23-9-5-6-15-26-23)17-22(25)19-31-24-12-10-21(11-13-24)20-7-3-2-4-8-20/h2-10,15,22,24-25,27H,11-14,16-19H2,1H3/t22-,24-,25-/m0/s1. The molecule has 1 aliphatic heterocycles. The number of nitrogens with one attached hydrogen (secondary N) is 1. The second kappa shape index (κ2) is 10.7. The van der Waals surface area contributed by atoms with Gasteiger partial charge in [-0.3, -0.25) is 9.88 Å². The molecule has 0 radical (unpaired) electrons. The molecule has 1 saturated heterocycles. The van der Waals surface area contributed by atoms with Gasteiger partial charge in [0.15, 0.2) is 0 Å². The first kappa shape index (κ1) is 23.1. The Balaban J connectivity index is 1.35. The molecule has 0 unspecified atom stereocenters. The fraction of sp³-hybridized carbons (Fsp3) is 0.480. The summed E-state index contributed by atoms with van der Waals surface area (Å²) in [5.41, 5.74) is 3.72. The summed E-state index contributed by atoms with van der Waals surface area (Å²) < 4.78 is 33.0. The van der Waals surface area contributed by atoms with E-state index in [0.717, 1.165) is 51.0 Å². The Labute approximate surface area is 191 Å². The van der Waals surface area contributed by atoms with Crippen LogP contribution in [0, 0.1) is 5.92 Å². The molecular formula is C25H33N3O3S. The maximum Gasteiger partial charge on any atom is 0.208 e. The fourth-order valence-corrected chi connectivity index (χ4v) is 5.57. The van der Waals surface area contributed by atoms with Gasteiger partial charge in [-0.15, -0.1) is 0 Å². The number of rotatable bonds is 8. The van der Waals surface area contributed by atoms with Gasteiger partial charge in [-0.25, -0.2) is 13.1 Å². The molecule has 0 saturated carbocycles. The number of hydrogen-bond donors (Lipinski definition) is 1. The lowest BCUT2D eigenvalue weighted by Crippen LogP contribution is -2.52. The van der Waals surface area contributed by atoms with E-state index in [0.29, 0.717) is 6.61 Å². The first-order chi connectivity index (χ1) is 15.5. The van der Waals surface area contributed by atoms with Crippen LogP contribution in [0.5, 0.6) is 0 Å². The van der Waals surface area contributed by atoms with Gasteiger partial charge >= 0.3 is 0 Å². The van der Waals surface area contributed by atoms with Crippen molar-refractivity contribution in [3.05, 3.63) is 72.1 Å². The highest BCUT2D eigenvalue weighted by atomic mass is 32.2. The first-order valence-electron chi connectivity index (χ1n) is 11.4. The normalized spacial score (nSPS) is 24.8. The maximum atomic E-state index is 11.9. The third-order valence-electron chi connectivity index (χ3n) is 6.35. The Morgan fingerprint density at radius 2 is 1.94 bits per heavy atom. The first-order valence-corrected chi connectivity index (χ1v) is 13.3. The van der Waals surface area contributed by atoms with Gasteiger partial charge in [-0.1, -0.05) is 42.5 Å². The van der Waals surface area contributed by atoms with Gasteiger partial charge in [-0.05, 0) is 49.0 Å². The Kier molecular flexibility index (Phi) is 7.73. The zero-order valence-corrected chi connectivity index (χ0v) is 19.5. The van der Waals surface area contributed by atoms with Crippen LogP contribution in [0.15, 0.2) is 60.8 Å². The molecule has 1 aromatic carbocycles. The van der Waals surface area contributed by atoms with Crippen molar-refractivity contribution in [1.29, 1.82) is 0 Å². The Hall–Kier alpha value is -2.06. The molecule has 4 rings (SSSR count). The number of ether oxygens (including phenoxy) is 1. The maximum absolute atomic E-state index is 11.9. The summed E-state index contributed by atoms with van der Waals surface area (Å²) in [6.07, 6.45) is 9.22. The molecule has 3 atom stereocenters. The van der Waals surface area contributed by atoms with Gasteiger partial charge in [0, 0.05) is 37.8 Å². The highest BCUT2D eigenvalue weighted by Crippen LogP contribution is 2.29. The second-order valence-electron chi connectivity index (χ2n) is 8.93. The molecule has 2 aliphatic rings. The molecule has 2 heterocycles. The number of benzene rings is 1. The molecule has 7 heteroatoms. The monoisotopic (exact) mass is 455 g/mol. The van der Waals surface area contributed by atoms with Crippen molar-refractivity contribution >= 4 is 15.6 Å². The third kappa shape index (κ3) is 6.72. The average molecular weight is 456 g/mol. The van der Waals surface area contributed by atoms with Gasteiger partial charge in [0.25, 0.3) is 0 Å². The molecule has 32 heavy (non-hydrogen) atoms. The number of likely N-dealkylation sites (tertiary alicyclic amines) is 1. The molecule has 0 spiro atoms. The van der Waals surface area contributed by atoms with E-state index in [1.54, 1.807) is 0 Å². The minimum atomic E-state index is -3.26.